The van der Waals surface area contributed by atoms with Crippen molar-refractivity contribution in [3.63, 3.8) is 0 Å². The Kier molecular flexibility index (Phi) is 6.96. The first-order chi connectivity index (χ1) is 16.8. The Labute approximate surface area is 217 Å². The Bertz CT molecular complexity index is 1270. The van der Waals surface area contributed by atoms with Gasteiger partial charge in [0.05, 0.1) is 22.5 Å². The minimum Gasteiger partial charge on any atom is -0.329 e. The van der Waals surface area contributed by atoms with Crippen LogP contribution in [0.3, 0.4) is 0 Å². The number of thiophene rings is 1. The van der Waals surface area contributed by atoms with Crippen LogP contribution in [-0.4, -0.2) is 70.0 Å². The molecule has 0 aliphatic carbocycles. The summed E-state index contributed by atoms with van der Waals surface area (Å²) in [5.74, 6) is -0.203. The van der Waals surface area contributed by atoms with Gasteiger partial charge >= 0.3 is 6.03 Å². The number of carbonyl (C=O) groups excluding carboxylic acids is 2. The van der Waals surface area contributed by atoms with E-state index in [0.717, 1.165) is 45.0 Å². The van der Waals surface area contributed by atoms with Crippen LogP contribution in [0.4, 0.5) is 4.79 Å². The highest BCUT2D eigenvalue weighted by molar-refractivity contribution is 7.19. The summed E-state index contributed by atoms with van der Waals surface area (Å²) in [5.41, 5.74) is 3.50. The first kappa shape index (κ1) is 24.4. The zero-order chi connectivity index (χ0) is 24.7. The van der Waals surface area contributed by atoms with Crippen molar-refractivity contribution in [3.05, 3.63) is 45.0 Å². The van der Waals surface area contributed by atoms with Gasteiger partial charge < -0.3 is 10.6 Å². The molecule has 2 saturated heterocycles. The molecule has 0 saturated carbocycles. The molecule has 2 fully saturated rings. The van der Waals surface area contributed by atoms with Gasteiger partial charge in [-0.2, -0.15) is 0 Å². The predicted molar refractivity (Wildman–Crippen MR) is 139 cm³/mol. The molecule has 3 aromatic rings. The van der Waals surface area contributed by atoms with Crippen molar-refractivity contribution in [2.24, 2.45) is 0 Å². The van der Waals surface area contributed by atoms with Crippen LogP contribution in [0, 0.1) is 0 Å². The molecule has 0 spiro atoms. The van der Waals surface area contributed by atoms with Crippen LogP contribution in [0.15, 0.2) is 24.5 Å². The molecule has 11 heteroatoms. The fourth-order valence-electron chi connectivity index (χ4n) is 4.76. The number of aromatic nitrogens is 2. The molecule has 2 N–H and O–H groups in total. The highest BCUT2D eigenvalue weighted by atomic mass is 35.5. The summed E-state index contributed by atoms with van der Waals surface area (Å²) in [6.07, 6.45) is 2.11. The van der Waals surface area contributed by atoms with E-state index in [-0.39, 0.29) is 18.5 Å². The summed E-state index contributed by atoms with van der Waals surface area (Å²) in [7, 11) is 0. The SMILES string of the molecule is C[C@H]1CNC[C@H](C)N1Cc1c(Cl)cc(Cl)cc1-c1ncnc2cc(CCN3C(=O)CNC3=O)sc12. The van der Waals surface area contributed by atoms with Gasteiger partial charge in [-0.15, -0.1) is 11.3 Å². The molecule has 3 amide bonds. The number of imide groups is 1. The zero-order valence-corrected chi connectivity index (χ0v) is 21.8. The fourth-order valence-corrected chi connectivity index (χ4v) is 6.42. The molecule has 0 radical (unpaired) electrons. The van der Waals surface area contributed by atoms with Crippen molar-refractivity contribution in [1.29, 1.82) is 0 Å². The summed E-state index contributed by atoms with van der Waals surface area (Å²) in [6.45, 7) is 7.35. The van der Waals surface area contributed by atoms with E-state index < -0.39 is 0 Å². The number of nitrogens with zero attached hydrogens (tertiary/aromatic N) is 4. The van der Waals surface area contributed by atoms with Crippen molar-refractivity contribution in [2.45, 2.75) is 38.9 Å². The lowest BCUT2D eigenvalue weighted by Crippen LogP contribution is -2.54. The van der Waals surface area contributed by atoms with Crippen molar-refractivity contribution in [3.8, 4) is 11.3 Å². The number of halogens is 2. The normalized spacial score (nSPS) is 21.2. The van der Waals surface area contributed by atoms with E-state index in [1.165, 1.54) is 4.90 Å². The Morgan fingerprint density at radius 2 is 1.89 bits per heavy atom. The quantitative estimate of drug-likeness (QED) is 0.467. The topological polar surface area (TPSA) is 90.5 Å². The summed E-state index contributed by atoms with van der Waals surface area (Å²) < 4.78 is 0.931. The summed E-state index contributed by atoms with van der Waals surface area (Å²) in [6, 6.07) is 6.09. The van der Waals surface area contributed by atoms with Crippen LogP contribution in [0.1, 0.15) is 24.3 Å². The number of benzene rings is 1. The van der Waals surface area contributed by atoms with E-state index in [0.29, 0.717) is 41.6 Å². The lowest BCUT2D eigenvalue weighted by Gasteiger charge is -2.40. The van der Waals surface area contributed by atoms with Crippen LogP contribution >= 0.6 is 34.5 Å². The Balaban J connectivity index is 1.50. The van der Waals surface area contributed by atoms with Gasteiger partial charge in [0.2, 0.25) is 5.91 Å². The number of carbonyl (C=O) groups is 2. The number of urea groups is 1. The van der Waals surface area contributed by atoms with Crippen molar-refractivity contribution in [2.75, 3.05) is 26.2 Å². The number of hydrogen-bond acceptors (Lipinski definition) is 7. The molecule has 1 aromatic carbocycles. The van der Waals surface area contributed by atoms with Crippen LogP contribution in [0.5, 0.6) is 0 Å². The molecule has 5 rings (SSSR count). The first-order valence-corrected chi connectivity index (χ1v) is 13.2. The molecule has 8 nitrogen and oxygen atoms in total. The molecular weight excluding hydrogens is 507 g/mol. The maximum Gasteiger partial charge on any atom is 0.324 e. The van der Waals surface area contributed by atoms with E-state index in [9.17, 15) is 9.59 Å². The summed E-state index contributed by atoms with van der Waals surface area (Å²) in [4.78, 5) is 37.6. The zero-order valence-electron chi connectivity index (χ0n) is 19.5. The van der Waals surface area contributed by atoms with Gasteiger partial charge in [-0.3, -0.25) is 14.6 Å². The van der Waals surface area contributed by atoms with E-state index in [1.807, 2.05) is 12.1 Å². The van der Waals surface area contributed by atoms with Gasteiger partial charge in [0.1, 0.15) is 6.33 Å². The molecule has 4 heterocycles. The number of amides is 3. The smallest absolute Gasteiger partial charge is 0.324 e. The maximum absolute atomic E-state index is 11.9. The van der Waals surface area contributed by atoms with Gasteiger partial charge in [-0.1, -0.05) is 23.2 Å². The van der Waals surface area contributed by atoms with Crippen LogP contribution in [0.2, 0.25) is 10.0 Å². The second-order valence-electron chi connectivity index (χ2n) is 9.05. The largest absolute Gasteiger partial charge is 0.329 e. The fraction of sp³-hybridized carbons (Fsp3) is 0.417. The van der Waals surface area contributed by atoms with E-state index in [1.54, 1.807) is 23.7 Å². The lowest BCUT2D eigenvalue weighted by molar-refractivity contribution is -0.124. The number of piperazine rings is 1. The third-order valence-electron chi connectivity index (χ3n) is 6.65. The van der Waals surface area contributed by atoms with E-state index >= 15 is 0 Å². The molecule has 0 bridgehead atoms. The number of nitrogens with one attached hydrogen (secondary N) is 2. The Morgan fingerprint density at radius 1 is 1.11 bits per heavy atom. The highest BCUT2D eigenvalue weighted by Crippen LogP contribution is 2.39. The molecule has 184 valence electrons. The Morgan fingerprint density at radius 3 is 2.60 bits per heavy atom. The van der Waals surface area contributed by atoms with Gasteiger partial charge in [-0.05, 0) is 37.6 Å². The second-order valence-corrected chi connectivity index (χ2v) is 11.0. The molecule has 2 aliphatic rings. The van der Waals surface area contributed by atoms with Gasteiger partial charge in [0.15, 0.2) is 0 Å². The third kappa shape index (κ3) is 4.88. The Hall–Kier alpha value is -2.30. The van der Waals surface area contributed by atoms with Crippen LogP contribution < -0.4 is 10.6 Å². The maximum atomic E-state index is 11.9. The van der Waals surface area contributed by atoms with E-state index in [2.05, 4.69) is 39.3 Å². The van der Waals surface area contributed by atoms with Gasteiger partial charge in [0.25, 0.3) is 0 Å². The average Bonchev–Trinajstić information content (AvgIpc) is 3.38. The van der Waals surface area contributed by atoms with Gasteiger partial charge in [0, 0.05) is 65.2 Å². The molecule has 2 atom stereocenters. The molecule has 0 unspecified atom stereocenters. The summed E-state index contributed by atoms with van der Waals surface area (Å²) >= 11 is 14.8. The van der Waals surface area contributed by atoms with Crippen molar-refractivity contribution < 1.29 is 9.59 Å². The third-order valence-corrected chi connectivity index (χ3v) is 8.40. The summed E-state index contributed by atoms with van der Waals surface area (Å²) in [5, 5.41) is 7.20. The molecule has 35 heavy (non-hydrogen) atoms. The first-order valence-electron chi connectivity index (χ1n) is 11.6. The van der Waals surface area contributed by atoms with Crippen LogP contribution in [-0.2, 0) is 17.8 Å². The van der Waals surface area contributed by atoms with Crippen molar-refractivity contribution >= 4 is 56.7 Å². The average molecular weight is 533 g/mol. The molecule has 2 aromatic heterocycles. The standard InChI is InChI=1S/C24H26Cl2N6O2S/c1-13-8-27-9-14(2)32(13)11-18-17(5-15(25)6-19(18)26)22-23-20(29-12-30-22)7-16(35-23)3-4-31-21(33)10-28-24(31)34/h5-7,12-14,27H,3-4,8-11H2,1-2H3,(H,28,34)/t13-,14-/m0/s1. The minimum atomic E-state index is -0.342. The number of hydrogen-bond donors (Lipinski definition) is 2. The highest BCUT2D eigenvalue weighted by Gasteiger charge is 2.29. The van der Waals surface area contributed by atoms with Gasteiger partial charge in [-0.25, -0.2) is 14.8 Å². The monoisotopic (exact) mass is 532 g/mol. The number of fused-ring (bicyclic) bond motifs is 1. The van der Waals surface area contributed by atoms with E-state index in [4.69, 9.17) is 23.2 Å². The molecule has 2 aliphatic heterocycles. The minimum absolute atomic E-state index is 0.0590. The van der Waals surface area contributed by atoms with Crippen LogP contribution in [0.25, 0.3) is 21.5 Å². The number of rotatable bonds is 6. The second kappa shape index (κ2) is 9.99. The molecular formula is C24H26Cl2N6O2S. The van der Waals surface area contributed by atoms with Crippen molar-refractivity contribution in [1.82, 2.24) is 30.4 Å². The lowest BCUT2D eigenvalue weighted by atomic mass is 10.0. The predicted octanol–water partition coefficient (Wildman–Crippen LogP) is 3.94.